The number of carbonyl (C=O) groups excluding carboxylic acids is 2. The van der Waals surface area contributed by atoms with Gasteiger partial charge in [-0.05, 0) is 67.8 Å². The van der Waals surface area contributed by atoms with Crippen LogP contribution in [-0.4, -0.2) is 11.6 Å². The van der Waals surface area contributed by atoms with Crippen molar-refractivity contribution in [2.24, 2.45) is 34.5 Å². The lowest BCUT2D eigenvalue weighted by Crippen LogP contribution is -2.50. The van der Waals surface area contributed by atoms with Gasteiger partial charge >= 0.3 is 0 Å². The van der Waals surface area contributed by atoms with E-state index in [1.807, 2.05) is 6.08 Å². The molecule has 0 heterocycles. The fourth-order valence-electron chi connectivity index (χ4n) is 6.49. The van der Waals surface area contributed by atoms with Gasteiger partial charge in [-0.3, -0.25) is 9.59 Å². The normalized spacial score (nSPS) is 48.8. The highest BCUT2D eigenvalue weighted by Gasteiger charge is 2.61. The van der Waals surface area contributed by atoms with Crippen LogP contribution >= 0.6 is 0 Å². The molecular formula is C20H25NO2. The molecule has 0 aromatic carbocycles. The van der Waals surface area contributed by atoms with E-state index < -0.39 is 0 Å². The fraction of sp³-hybridized carbons (Fsp3) is 0.750. The number of carbonyl (C=O) groups is 2. The van der Waals surface area contributed by atoms with E-state index in [0.29, 0.717) is 24.2 Å². The van der Waals surface area contributed by atoms with Crippen molar-refractivity contribution in [3.8, 4) is 6.07 Å². The summed E-state index contributed by atoms with van der Waals surface area (Å²) in [6, 6.07) is 2.26. The molecule has 6 atom stereocenters. The zero-order valence-corrected chi connectivity index (χ0v) is 14.1. The first-order valence-corrected chi connectivity index (χ1v) is 9.08. The van der Waals surface area contributed by atoms with Crippen molar-refractivity contribution in [2.45, 2.75) is 58.8 Å². The van der Waals surface area contributed by atoms with Crippen molar-refractivity contribution >= 4 is 11.6 Å². The van der Waals surface area contributed by atoms with Gasteiger partial charge in [-0.25, -0.2) is 0 Å². The summed E-state index contributed by atoms with van der Waals surface area (Å²) in [6.07, 6.45) is 8.41. The highest BCUT2D eigenvalue weighted by molar-refractivity contribution is 5.92. The number of allylic oxidation sites excluding steroid dienone is 1. The number of hydrogen-bond donors (Lipinski definition) is 0. The fourth-order valence-corrected chi connectivity index (χ4v) is 6.49. The lowest BCUT2D eigenvalue weighted by Gasteiger charge is -2.56. The molecule has 0 aromatic heterocycles. The Kier molecular flexibility index (Phi) is 3.15. The number of rotatable bonds is 0. The van der Waals surface area contributed by atoms with E-state index in [9.17, 15) is 14.9 Å². The Morgan fingerprint density at radius 1 is 1.09 bits per heavy atom. The molecule has 0 saturated heterocycles. The molecule has 0 bridgehead atoms. The summed E-state index contributed by atoms with van der Waals surface area (Å²) in [4.78, 5) is 24.5. The standard InChI is InChI=1S/C20H25NO2/c1-19-7-5-14(22)10-13(19)3-4-15-16(19)6-8-20(2)17(15)9-12(11-21)18(20)23/h10,12,15-17H,3-9H2,1-2H3/t12-,15-,16+,17+,19+,20+/m1/s1. The van der Waals surface area contributed by atoms with Gasteiger partial charge in [0.15, 0.2) is 11.6 Å². The van der Waals surface area contributed by atoms with Gasteiger partial charge in [0.1, 0.15) is 5.92 Å². The van der Waals surface area contributed by atoms with Crippen molar-refractivity contribution in [3.63, 3.8) is 0 Å². The van der Waals surface area contributed by atoms with Crippen LogP contribution in [0.25, 0.3) is 0 Å². The first kappa shape index (κ1) is 15.1. The lowest BCUT2D eigenvalue weighted by molar-refractivity contribution is -0.133. The van der Waals surface area contributed by atoms with E-state index in [4.69, 9.17) is 0 Å². The molecule has 0 aliphatic heterocycles. The van der Waals surface area contributed by atoms with Gasteiger partial charge in [0.2, 0.25) is 0 Å². The Morgan fingerprint density at radius 3 is 2.61 bits per heavy atom. The smallest absolute Gasteiger partial charge is 0.156 e. The number of nitrogens with zero attached hydrogens (tertiary/aromatic N) is 1. The Hall–Kier alpha value is -1.43. The van der Waals surface area contributed by atoms with Crippen LogP contribution in [0.1, 0.15) is 58.8 Å². The monoisotopic (exact) mass is 311 g/mol. The third-order valence-corrected chi connectivity index (χ3v) is 7.88. The second kappa shape index (κ2) is 4.79. The predicted molar refractivity (Wildman–Crippen MR) is 86.2 cm³/mol. The van der Waals surface area contributed by atoms with Crippen LogP contribution in [-0.2, 0) is 9.59 Å². The van der Waals surface area contributed by atoms with Gasteiger partial charge in [0.25, 0.3) is 0 Å². The molecule has 0 spiro atoms. The molecule has 4 aliphatic rings. The van der Waals surface area contributed by atoms with Gasteiger partial charge < -0.3 is 0 Å². The molecule has 0 unspecified atom stereocenters. The van der Waals surface area contributed by atoms with Gasteiger partial charge in [0.05, 0.1) is 6.07 Å². The summed E-state index contributed by atoms with van der Waals surface area (Å²) >= 11 is 0. The van der Waals surface area contributed by atoms with Crippen molar-refractivity contribution in [2.75, 3.05) is 0 Å². The van der Waals surface area contributed by atoms with E-state index >= 15 is 0 Å². The van der Waals surface area contributed by atoms with Gasteiger partial charge in [0, 0.05) is 11.8 Å². The quantitative estimate of drug-likeness (QED) is 0.683. The zero-order valence-electron chi connectivity index (χ0n) is 14.1. The molecule has 4 rings (SSSR count). The van der Waals surface area contributed by atoms with Gasteiger partial charge in [-0.1, -0.05) is 19.4 Å². The Labute approximate surface area is 138 Å². The van der Waals surface area contributed by atoms with Crippen LogP contribution < -0.4 is 0 Å². The molecule has 23 heavy (non-hydrogen) atoms. The summed E-state index contributed by atoms with van der Waals surface area (Å²) in [6.45, 7) is 4.47. The second-order valence-corrected chi connectivity index (χ2v) is 8.71. The summed E-state index contributed by atoms with van der Waals surface area (Å²) in [5, 5.41) is 9.34. The maximum atomic E-state index is 12.7. The summed E-state index contributed by atoms with van der Waals surface area (Å²) < 4.78 is 0. The molecule has 0 aromatic rings. The number of ketones is 2. The number of nitriles is 1. The maximum absolute atomic E-state index is 12.7. The Bertz CT molecular complexity index is 657. The number of Topliss-reactive ketones (excluding diaryl/α,β-unsaturated/α-hetero) is 1. The van der Waals surface area contributed by atoms with E-state index in [-0.39, 0.29) is 28.3 Å². The SMILES string of the molecule is C[C@]12CCC(=O)C=C1CC[C@@H]1[C@@H]2CC[C@]2(C)C(=O)[C@@H](C#N)C[C@@H]12. The highest BCUT2D eigenvalue weighted by atomic mass is 16.1. The van der Waals surface area contributed by atoms with Crippen LogP contribution in [0.3, 0.4) is 0 Å². The number of fused-ring (bicyclic) bond motifs is 5. The third-order valence-electron chi connectivity index (χ3n) is 7.88. The first-order chi connectivity index (χ1) is 10.9. The van der Waals surface area contributed by atoms with Crippen molar-refractivity contribution < 1.29 is 9.59 Å². The summed E-state index contributed by atoms with van der Waals surface area (Å²) in [5.41, 5.74) is 1.23. The zero-order chi connectivity index (χ0) is 16.4. The largest absolute Gasteiger partial charge is 0.298 e. The Morgan fingerprint density at radius 2 is 1.87 bits per heavy atom. The highest BCUT2D eigenvalue weighted by Crippen LogP contribution is 2.65. The first-order valence-electron chi connectivity index (χ1n) is 9.08. The molecule has 3 saturated carbocycles. The summed E-state index contributed by atoms with van der Waals surface area (Å²) in [5.74, 6) is 1.60. The van der Waals surface area contributed by atoms with E-state index in [2.05, 4.69) is 19.9 Å². The van der Waals surface area contributed by atoms with Gasteiger partial charge in [-0.15, -0.1) is 0 Å². The maximum Gasteiger partial charge on any atom is 0.156 e. The van der Waals surface area contributed by atoms with Crippen LogP contribution in [0, 0.1) is 45.8 Å². The average molecular weight is 311 g/mol. The van der Waals surface area contributed by atoms with E-state index in [0.717, 1.165) is 38.5 Å². The van der Waals surface area contributed by atoms with Gasteiger partial charge in [-0.2, -0.15) is 5.26 Å². The predicted octanol–water partition coefficient (Wildman–Crippen LogP) is 3.84. The Balaban J connectivity index is 1.70. The molecule has 3 heteroatoms. The van der Waals surface area contributed by atoms with Crippen LogP contribution in [0.15, 0.2) is 11.6 Å². The molecule has 122 valence electrons. The molecule has 0 radical (unpaired) electrons. The average Bonchev–Trinajstić information content (AvgIpc) is 2.79. The minimum atomic E-state index is -0.388. The topological polar surface area (TPSA) is 57.9 Å². The molecule has 0 N–H and O–H groups in total. The van der Waals surface area contributed by atoms with E-state index in [1.165, 1.54) is 5.57 Å². The third kappa shape index (κ3) is 1.87. The number of hydrogen-bond acceptors (Lipinski definition) is 3. The molecule has 4 aliphatic carbocycles. The minimum Gasteiger partial charge on any atom is -0.298 e. The summed E-state index contributed by atoms with van der Waals surface area (Å²) in [7, 11) is 0. The van der Waals surface area contributed by atoms with Crippen molar-refractivity contribution in [1.82, 2.24) is 0 Å². The minimum absolute atomic E-state index is 0.145. The van der Waals surface area contributed by atoms with Crippen molar-refractivity contribution in [1.29, 1.82) is 5.26 Å². The van der Waals surface area contributed by atoms with Crippen LogP contribution in [0.4, 0.5) is 0 Å². The van der Waals surface area contributed by atoms with Crippen LogP contribution in [0.5, 0.6) is 0 Å². The lowest BCUT2D eigenvalue weighted by atomic mass is 9.47. The molecule has 0 amide bonds. The molecular weight excluding hydrogens is 286 g/mol. The molecule has 3 fully saturated rings. The van der Waals surface area contributed by atoms with Crippen LogP contribution in [0.2, 0.25) is 0 Å². The second-order valence-electron chi connectivity index (χ2n) is 8.71. The molecule has 3 nitrogen and oxygen atoms in total. The van der Waals surface area contributed by atoms with Crippen molar-refractivity contribution in [3.05, 3.63) is 11.6 Å². The van der Waals surface area contributed by atoms with E-state index in [1.54, 1.807) is 0 Å².